The van der Waals surface area contributed by atoms with Gasteiger partial charge in [0.1, 0.15) is 12.2 Å². The number of hydrogen-bond donors (Lipinski definition) is 0. The van der Waals surface area contributed by atoms with Gasteiger partial charge in [-0.05, 0) is 206 Å². The summed E-state index contributed by atoms with van der Waals surface area (Å²) >= 11 is 0. The van der Waals surface area contributed by atoms with Crippen LogP contribution in [0.3, 0.4) is 0 Å². The molecule has 0 radical (unpaired) electrons. The van der Waals surface area contributed by atoms with Gasteiger partial charge in [-0.25, -0.2) is 9.59 Å². The van der Waals surface area contributed by atoms with E-state index in [4.69, 9.17) is 9.47 Å². The van der Waals surface area contributed by atoms with Crippen LogP contribution in [-0.2, 0) is 9.47 Å². The number of esters is 2. The summed E-state index contributed by atoms with van der Waals surface area (Å²) in [6.07, 6.45) is 27.5. The minimum absolute atomic E-state index is 0.0874. The lowest BCUT2D eigenvalue weighted by Gasteiger charge is -2.62. The second kappa shape index (κ2) is 21.9. The molecule has 7 unspecified atom stereocenters. The van der Waals surface area contributed by atoms with E-state index < -0.39 is 66.6 Å². The third kappa shape index (κ3) is 10.6. The molecule has 17 heteroatoms. The minimum atomic E-state index is -0.811. The lowest BCUT2D eigenvalue weighted by atomic mass is 9.47. The van der Waals surface area contributed by atoms with Gasteiger partial charge in [-0.2, -0.15) is 0 Å². The first-order chi connectivity index (χ1) is 35.5. The molecule has 0 saturated heterocycles. The first-order valence-corrected chi connectivity index (χ1v) is 28.6. The predicted octanol–water partition coefficient (Wildman–Crippen LogP) is 13.5. The molecule has 8 fully saturated rings. The molecule has 10 rings (SSSR count). The Bertz CT molecular complexity index is 2260. The van der Waals surface area contributed by atoms with Crippen molar-refractivity contribution in [2.75, 3.05) is 0 Å². The van der Waals surface area contributed by atoms with Crippen LogP contribution in [0, 0.1) is 105 Å². The molecule has 0 N–H and O–H groups in total. The lowest BCUT2D eigenvalue weighted by Crippen LogP contribution is -2.61. The average molecular weight is 1020 g/mol. The van der Waals surface area contributed by atoms with E-state index in [1.165, 1.54) is 96.3 Å². The van der Waals surface area contributed by atoms with E-state index in [-0.39, 0.29) is 16.5 Å². The molecule has 0 aliphatic heterocycles. The van der Waals surface area contributed by atoms with E-state index in [2.05, 4.69) is 18.7 Å². The zero-order valence-corrected chi connectivity index (χ0v) is 43.4. The van der Waals surface area contributed by atoms with Crippen LogP contribution in [0.15, 0.2) is 36.4 Å². The molecule has 7 atom stereocenters. The van der Waals surface area contributed by atoms with Crippen molar-refractivity contribution in [3.05, 3.63) is 88.0 Å². The number of carbonyl (C=O) groups is 2. The summed E-state index contributed by atoms with van der Waals surface area (Å²) in [5, 5.41) is 46.4. The van der Waals surface area contributed by atoms with Gasteiger partial charge in [-0.1, -0.05) is 33.1 Å². The maximum Gasteiger partial charge on any atom is 0.338 e. The Balaban J connectivity index is 0.866. The Kier molecular flexibility index (Phi) is 15.5. The normalized spacial score (nSPS) is 35.8. The maximum atomic E-state index is 13.5. The van der Waals surface area contributed by atoms with Crippen molar-refractivity contribution in [1.29, 1.82) is 0 Å². The number of non-ortho nitro benzene ring substituents is 4. The molecule has 8 aliphatic rings. The third-order valence-corrected chi connectivity index (χ3v) is 21.4. The number of nitrogens with zero attached hydrogens (tertiary/aromatic N) is 5. The van der Waals surface area contributed by atoms with Crippen LogP contribution in [0.5, 0.6) is 0 Å². The standard InChI is InChI=1S/C57H77N5O12/c1-34-6-18-43(19-7-34)58(52-27-11-37-9-8-35-4-3-5-36-10-26-51(52)54(37)53(35)36)44-20-12-40(13-21-44)57(2,41-14-22-49(23-15-41)73-55(63)38-28-45(59(65)66)32-46(29-38)60(67)68)42-16-24-50(25-17-42)74-56(64)39-30-47(61(69)70)33-48(31-39)62(71)72/h28-37,40-44,49-54H,3-27H2,1-2H3. The second-order valence-electron chi connectivity index (χ2n) is 24.8. The van der Waals surface area contributed by atoms with Gasteiger partial charge >= 0.3 is 11.9 Å². The fraction of sp³-hybridized carbons (Fsp3) is 0.754. The van der Waals surface area contributed by atoms with E-state index >= 15 is 0 Å². The quantitative estimate of drug-likeness (QED) is 0.0975. The van der Waals surface area contributed by atoms with Crippen molar-refractivity contribution in [3.8, 4) is 0 Å². The Morgan fingerprint density at radius 3 is 1.26 bits per heavy atom. The van der Waals surface area contributed by atoms with Gasteiger partial charge in [0.05, 0.1) is 43.0 Å². The summed E-state index contributed by atoms with van der Waals surface area (Å²) < 4.78 is 11.9. The molecule has 0 spiro atoms. The second-order valence-corrected chi connectivity index (χ2v) is 24.8. The van der Waals surface area contributed by atoms with Crippen molar-refractivity contribution in [2.45, 2.75) is 205 Å². The van der Waals surface area contributed by atoms with E-state index in [1.54, 1.807) is 0 Å². The Morgan fingerprint density at radius 2 is 0.838 bits per heavy atom. The van der Waals surface area contributed by atoms with Crippen LogP contribution in [0.4, 0.5) is 22.7 Å². The molecule has 0 bridgehead atoms. The predicted molar refractivity (Wildman–Crippen MR) is 275 cm³/mol. The van der Waals surface area contributed by atoms with Crippen LogP contribution in [0.25, 0.3) is 0 Å². The molecule has 74 heavy (non-hydrogen) atoms. The number of carbonyl (C=O) groups excluding carboxylic acids is 2. The highest BCUT2D eigenvalue weighted by Gasteiger charge is 2.56. The van der Waals surface area contributed by atoms with Gasteiger partial charge in [-0.3, -0.25) is 45.4 Å². The summed E-state index contributed by atoms with van der Waals surface area (Å²) in [5.74, 6) is 5.74. The van der Waals surface area contributed by atoms with Crippen molar-refractivity contribution >= 4 is 34.7 Å². The van der Waals surface area contributed by atoms with Gasteiger partial charge in [0, 0.05) is 42.4 Å². The summed E-state index contributed by atoms with van der Waals surface area (Å²) in [5.41, 5.74) is -2.71. The molecule has 8 saturated carbocycles. The summed E-state index contributed by atoms with van der Waals surface area (Å²) in [7, 11) is 0. The number of nitro benzene ring substituents is 4. The molecule has 17 nitrogen and oxygen atoms in total. The minimum Gasteiger partial charge on any atom is -0.459 e. The number of ether oxygens (including phenoxy) is 2. The summed E-state index contributed by atoms with van der Waals surface area (Å²) in [4.78, 5) is 73.5. The topological polar surface area (TPSA) is 228 Å². The molecule has 2 aromatic rings. The first kappa shape index (κ1) is 52.4. The molecular formula is C57H77N5O12. The van der Waals surface area contributed by atoms with E-state index in [0.717, 1.165) is 116 Å². The highest BCUT2D eigenvalue weighted by molar-refractivity contribution is 5.92. The lowest BCUT2D eigenvalue weighted by molar-refractivity contribution is -0.394. The number of rotatable bonds is 14. The highest BCUT2D eigenvalue weighted by atomic mass is 16.6. The molecular weight excluding hydrogens is 947 g/mol. The number of nitro groups is 4. The Hall–Kier alpha value is -5.06. The molecule has 2 aromatic carbocycles. The molecule has 0 amide bonds. The van der Waals surface area contributed by atoms with Crippen LogP contribution in [0.2, 0.25) is 0 Å². The molecule has 0 aromatic heterocycles. The molecule has 8 aliphatic carbocycles. The number of hydrogen-bond acceptors (Lipinski definition) is 13. The highest BCUT2D eigenvalue weighted by Crippen LogP contribution is 2.62. The van der Waals surface area contributed by atoms with Crippen molar-refractivity contribution < 1.29 is 38.8 Å². The SMILES string of the molecule is CC1CCC(N(C2CCC(C(C)(C3CCC(OC(=O)c4cc([N+](=O)[O-])cc([N+](=O)[O-])c4)CC3)C3CCC(OC(=O)c4cc([N+](=O)[O-])cc([N+](=O)[O-])c4)CC3)CC2)C2CCC3CCC4CCCC5CCC2C3C45)CC1. The zero-order chi connectivity index (χ0) is 52.0. The smallest absolute Gasteiger partial charge is 0.338 e. The van der Waals surface area contributed by atoms with E-state index in [1.807, 2.05) is 0 Å². The Morgan fingerprint density at radius 1 is 0.473 bits per heavy atom. The van der Waals surface area contributed by atoms with Crippen molar-refractivity contribution in [1.82, 2.24) is 4.90 Å². The maximum absolute atomic E-state index is 13.5. The van der Waals surface area contributed by atoms with Crippen LogP contribution in [-0.4, -0.2) is 66.9 Å². The average Bonchev–Trinajstić information content (AvgIpc) is 3.41. The third-order valence-electron chi connectivity index (χ3n) is 21.4. The van der Waals surface area contributed by atoms with Gasteiger partial charge in [0.15, 0.2) is 0 Å². The van der Waals surface area contributed by atoms with E-state index in [9.17, 15) is 50.0 Å². The zero-order valence-electron chi connectivity index (χ0n) is 43.4. The van der Waals surface area contributed by atoms with Crippen molar-refractivity contribution in [3.63, 3.8) is 0 Å². The van der Waals surface area contributed by atoms with Gasteiger partial charge < -0.3 is 9.47 Å². The number of benzene rings is 2. The summed E-state index contributed by atoms with van der Waals surface area (Å²) in [6, 6.07) is 7.70. The summed E-state index contributed by atoms with van der Waals surface area (Å²) in [6.45, 7) is 4.94. The van der Waals surface area contributed by atoms with Crippen molar-refractivity contribution in [2.24, 2.45) is 64.6 Å². The van der Waals surface area contributed by atoms with Crippen LogP contribution >= 0.6 is 0 Å². The van der Waals surface area contributed by atoms with Gasteiger partial charge in [0.2, 0.25) is 0 Å². The van der Waals surface area contributed by atoms with Gasteiger partial charge in [0.25, 0.3) is 22.7 Å². The van der Waals surface area contributed by atoms with Crippen LogP contribution in [0.1, 0.15) is 195 Å². The van der Waals surface area contributed by atoms with Gasteiger partial charge in [-0.15, -0.1) is 0 Å². The monoisotopic (exact) mass is 1020 g/mol. The largest absolute Gasteiger partial charge is 0.459 e. The van der Waals surface area contributed by atoms with Crippen LogP contribution < -0.4 is 0 Å². The Labute approximate surface area is 434 Å². The molecule has 402 valence electrons. The first-order valence-electron chi connectivity index (χ1n) is 28.6. The fourth-order valence-corrected chi connectivity index (χ4v) is 17.9. The fourth-order valence-electron chi connectivity index (χ4n) is 17.9. The van der Waals surface area contributed by atoms with E-state index in [0.29, 0.717) is 61.6 Å². The molecule has 0 heterocycles.